The van der Waals surface area contributed by atoms with Crippen LogP contribution in [0.4, 0.5) is 11.8 Å². The van der Waals surface area contributed by atoms with Crippen LogP contribution in [-0.2, 0) is 17.2 Å². The van der Waals surface area contributed by atoms with Crippen molar-refractivity contribution in [2.75, 3.05) is 29.2 Å². The molecule has 0 saturated carbocycles. The van der Waals surface area contributed by atoms with Crippen molar-refractivity contribution in [2.24, 2.45) is 0 Å². The number of fused-ring (bicyclic) bond motifs is 1. The van der Waals surface area contributed by atoms with Crippen LogP contribution >= 0.6 is 11.3 Å². The van der Waals surface area contributed by atoms with Crippen LogP contribution in [0.1, 0.15) is 25.6 Å². The monoisotopic (exact) mass is 326 g/mol. The Bertz CT molecular complexity index is 641. The molecular weight excluding hydrogens is 304 g/mol. The third-order valence-corrected chi connectivity index (χ3v) is 5.14. The summed E-state index contributed by atoms with van der Waals surface area (Å²) in [5, 5.41) is 7.59. The van der Waals surface area contributed by atoms with Crippen LogP contribution in [-0.4, -0.2) is 38.8 Å². The quantitative estimate of drug-likeness (QED) is 0.819. The molecule has 2 aromatic rings. The zero-order chi connectivity index (χ0) is 15.4. The van der Waals surface area contributed by atoms with E-state index in [9.17, 15) is 4.21 Å². The van der Waals surface area contributed by atoms with Crippen LogP contribution in [0.3, 0.4) is 0 Å². The van der Waals surface area contributed by atoms with E-state index in [-0.39, 0.29) is 6.04 Å². The second kappa shape index (κ2) is 7.17. The Morgan fingerprint density at radius 1 is 1.38 bits per heavy atom. The number of hydrogen-bond acceptors (Lipinski definition) is 6. The fourth-order valence-corrected chi connectivity index (χ4v) is 3.87. The Morgan fingerprint density at radius 3 is 2.76 bits per heavy atom. The molecule has 2 unspecified atom stereocenters. The van der Waals surface area contributed by atoms with Gasteiger partial charge in [0.1, 0.15) is 10.6 Å². The van der Waals surface area contributed by atoms with Gasteiger partial charge in [0, 0.05) is 40.3 Å². The van der Waals surface area contributed by atoms with E-state index in [1.807, 2.05) is 13.8 Å². The normalized spacial score (nSPS) is 14.1. The molecule has 116 valence electrons. The minimum atomic E-state index is -0.827. The van der Waals surface area contributed by atoms with Gasteiger partial charge in [-0.1, -0.05) is 6.92 Å². The molecular formula is C14H22N4OS2. The first-order valence-corrected chi connectivity index (χ1v) is 9.68. The van der Waals surface area contributed by atoms with E-state index in [1.54, 1.807) is 17.6 Å². The van der Waals surface area contributed by atoms with E-state index < -0.39 is 10.8 Å². The molecule has 2 atom stereocenters. The molecule has 7 heteroatoms. The van der Waals surface area contributed by atoms with E-state index in [0.717, 1.165) is 29.0 Å². The van der Waals surface area contributed by atoms with Gasteiger partial charge in [0.15, 0.2) is 0 Å². The third kappa shape index (κ3) is 4.14. The minimum absolute atomic E-state index is 0.105. The van der Waals surface area contributed by atoms with Gasteiger partial charge >= 0.3 is 0 Å². The highest BCUT2D eigenvalue weighted by molar-refractivity contribution is 7.84. The lowest BCUT2D eigenvalue weighted by Crippen LogP contribution is -2.23. The number of nitrogens with zero attached hydrogens (tertiary/aromatic N) is 2. The largest absolute Gasteiger partial charge is 0.366 e. The molecule has 2 rings (SSSR count). The molecule has 21 heavy (non-hydrogen) atoms. The Hall–Kier alpha value is -1.21. The lowest BCUT2D eigenvalue weighted by Gasteiger charge is -2.14. The van der Waals surface area contributed by atoms with Gasteiger partial charge in [-0.15, -0.1) is 11.3 Å². The van der Waals surface area contributed by atoms with Gasteiger partial charge in [0.25, 0.3) is 0 Å². The molecule has 5 nitrogen and oxygen atoms in total. The Morgan fingerprint density at radius 2 is 2.14 bits per heavy atom. The fourth-order valence-electron chi connectivity index (χ4n) is 2.12. The second-order valence-electron chi connectivity index (χ2n) is 5.00. The van der Waals surface area contributed by atoms with Crippen LogP contribution < -0.4 is 10.6 Å². The first kappa shape index (κ1) is 16.2. The predicted molar refractivity (Wildman–Crippen MR) is 93.0 cm³/mol. The van der Waals surface area contributed by atoms with E-state index in [0.29, 0.717) is 11.7 Å². The topological polar surface area (TPSA) is 66.9 Å². The highest BCUT2D eigenvalue weighted by Crippen LogP contribution is 2.30. The van der Waals surface area contributed by atoms with Gasteiger partial charge in [0.2, 0.25) is 5.95 Å². The summed E-state index contributed by atoms with van der Waals surface area (Å²) >= 11 is 1.70. The maximum atomic E-state index is 11.4. The Kier molecular flexibility index (Phi) is 5.52. The number of thiophene rings is 1. The maximum absolute atomic E-state index is 11.4. The first-order valence-electron chi connectivity index (χ1n) is 7.14. The minimum Gasteiger partial charge on any atom is -0.366 e. The van der Waals surface area contributed by atoms with Crippen molar-refractivity contribution in [3.63, 3.8) is 0 Å². The molecule has 0 aliphatic carbocycles. The standard InChI is InChI=1S/C14H22N4OS2/c1-5-10-7-11-12(16-9(3)8-21(4)19)17-14(15-6-2)18-13(11)20-10/h7,9H,5-6,8H2,1-4H3,(H2,15,16,17,18). The molecule has 0 aliphatic heterocycles. The van der Waals surface area contributed by atoms with Crippen LogP contribution in [0, 0.1) is 0 Å². The molecule has 0 aliphatic rings. The highest BCUT2D eigenvalue weighted by Gasteiger charge is 2.13. The van der Waals surface area contributed by atoms with Gasteiger partial charge < -0.3 is 10.6 Å². The lowest BCUT2D eigenvalue weighted by molar-refractivity contribution is 0.683. The van der Waals surface area contributed by atoms with Crippen molar-refractivity contribution in [1.82, 2.24) is 9.97 Å². The molecule has 0 aromatic carbocycles. The van der Waals surface area contributed by atoms with E-state index in [1.165, 1.54) is 4.88 Å². The van der Waals surface area contributed by atoms with Crippen molar-refractivity contribution >= 4 is 44.1 Å². The summed E-state index contributed by atoms with van der Waals surface area (Å²) in [6, 6.07) is 2.25. The molecule has 0 fully saturated rings. The van der Waals surface area contributed by atoms with E-state index in [2.05, 4.69) is 33.6 Å². The molecule has 0 radical (unpaired) electrons. The summed E-state index contributed by atoms with van der Waals surface area (Å²) in [5.41, 5.74) is 0. The third-order valence-electron chi connectivity index (χ3n) is 2.99. The fraction of sp³-hybridized carbons (Fsp3) is 0.571. The predicted octanol–water partition coefficient (Wildman–Crippen LogP) is 2.86. The van der Waals surface area contributed by atoms with Crippen LogP contribution in [0.25, 0.3) is 10.2 Å². The lowest BCUT2D eigenvalue weighted by atomic mass is 10.3. The number of anilines is 2. The van der Waals surface area contributed by atoms with Gasteiger partial charge in [-0.25, -0.2) is 4.98 Å². The maximum Gasteiger partial charge on any atom is 0.226 e. The Labute approximate surface area is 132 Å². The number of hydrogen-bond donors (Lipinski definition) is 2. The summed E-state index contributed by atoms with van der Waals surface area (Å²) in [7, 11) is -0.827. The highest BCUT2D eigenvalue weighted by atomic mass is 32.2. The van der Waals surface area contributed by atoms with Crippen molar-refractivity contribution in [3.8, 4) is 0 Å². The summed E-state index contributed by atoms with van der Waals surface area (Å²) in [4.78, 5) is 11.4. The first-order chi connectivity index (χ1) is 10.0. The summed E-state index contributed by atoms with van der Waals surface area (Å²) in [6.45, 7) is 6.97. The Balaban J connectivity index is 2.38. The summed E-state index contributed by atoms with van der Waals surface area (Å²) in [6.07, 6.45) is 2.71. The van der Waals surface area contributed by atoms with Crippen molar-refractivity contribution in [2.45, 2.75) is 33.2 Å². The van der Waals surface area contributed by atoms with Crippen LogP contribution in [0.5, 0.6) is 0 Å². The molecule has 0 amide bonds. The summed E-state index contributed by atoms with van der Waals surface area (Å²) < 4.78 is 11.4. The van der Waals surface area contributed by atoms with Crippen LogP contribution in [0.15, 0.2) is 6.07 Å². The average molecular weight is 326 g/mol. The molecule has 2 heterocycles. The zero-order valence-electron chi connectivity index (χ0n) is 12.9. The number of nitrogens with one attached hydrogen (secondary N) is 2. The number of aryl methyl sites for hydroxylation is 1. The molecule has 0 spiro atoms. The molecule has 0 saturated heterocycles. The van der Waals surface area contributed by atoms with Gasteiger partial charge in [-0.3, -0.25) is 4.21 Å². The molecule has 0 bridgehead atoms. The molecule has 2 aromatic heterocycles. The smallest absolute Gasteiger partial charge is 0.226 e. The number of rotatable bonds is 7. The zero-order valence-corrected chi connectivity index (χ0v) is 14.5. The van der Waals surface area contributed by atoms with Crippen molar-refractivity contribution in [3.05, 3.63) is 10.9 Å². The van der Waals surface area contributed by atoms with E-state index >= 15 is 0 Å². The van der Waals surface area contributed by atoms with Crippen LogP contribution in [0.2, 0.25) is 0 Å². The van der Waals surface area contributed by atoms with Gasteiger partial charge in [-0.05, 0) is 26.3 Å². The van der Waals surface area contributed by atoms with Gasteiger partial charge in [-0.2, -0.15) is 4.98 Å². The van der Waals surface area contributed by atoms with Gasteiger partial charge in [0.05, 0.1) is 5.39 Å². The summed E-state index contributed by atoms with van der Waals surface area (Å²) in [5.74, 6) is 2.07. The number of aromatic nitrogens is 2. The van der Waals surface area contributed by atoms with Crippen molar-refractivity contribution < 1.29 is 4.21 Å². The molecule has 2 N–H and O–H groups in total. The second-order valence-corrected chi connectivity index (χ2v) is 7.59. The average Bonchev–Trinajstić information content (AvgIpc) is 2.81. The van der Waals surface area contributed by atoms with E-state index in [4.69, 9.17) is 0 Å². The SMILES string of the molecule is CCNc1nc(NC(C)CS(C)=O)c2cc(CC)sc2n1. The van der Waals surface area contributed by atoms with Crippen molar-refractivity contribution in [1.29, 1.82) is 0 Å².